The Bertz CT molecular complexity index is 625. The quantitative estimate of drug-likeness (QED) is 0.456. The van der Waals surface area contributed by atoms with Gasteiger partial charge in [0.05, 0.1) is 23.4 Å². The van der Waals surface area contributed by atoms with Gasteiger partial charge in [-0.2, -0.15) is 0 Å². The fourth-order valence-corrected chi connectivity index (χ4v) is 2.49. The van der Waals surface area contributed by atoms with Crippen molar-refractivity contribution in [2.75, 3.05) is 25.2 Å². The Balaban J connectivity index is 2.42. The molecule has 2 rings (SSSR count). The second-order valence-corrected chi connectivity index (χ2v) is 5.29. The minimum Gasteiger partial charge on any atom is -0.462 e. The summed E-state index contributed by atoms with van der Waals surface area (Å²) in [5.41, 5.74) is 0.758. The molecule has 1 aromatic rings. The zero-order chi connectivity index (χ0) is 17.0. The molecule has 0 aliphatic carbocycles. The van der Waals surface area contributed by atoms with E-state index in [1.807, 2.05) is 6.92 Å². The molecule has 0 N–H and O–H groups in total. The van der Waals surface area contributed by atoms with Crippen molar-refractivity contribution in [1.82, 2.24) is 0 Å². The maximum absolute atomic E-state index is 12.7. The SMILES string of the molecule is CCCCOC1C(=O)c2c(C(=O)OCC)cccc2N(C)C1=O. The van der Waals surface area contributed by atoms with Gasteiger partial charge < -0.3 is 14.4 Å². The lowest BCUT2D eigenvalue weighted by molar-refractivity contribution is -0.127. The molecule has 1 aromatic carbocycles. The molecule has 0 fully saturated rings. The first kappa shape index (κ1) is 17.1. The average Bonchev–Trinajstić information content (AvgIpc) is 2.55. The number of likely N-dealkylation sites (N-methyl/N-ethyl adjacent to an activating group) is 1. The first-order valence-corrected chi connectivity index (χ1v) is 7.76. The zero-order valence-corrected chi connectivity index (χ0v) is 13.6. The fourth-order valence-electron chi connectivity index (χ4n) is 2.49. The predicted octanol–water partition coefficient (Wildman–Crippen LogP) is 2.21. The maximum atomic E-state index is 12.7. The van der Waals surface area contributed by atoms with Crippen LogP contribution in [0.15, 0.2) is 18.2 Å². The van der Waals surface area contributed by atoms with E-state index in [1.165, 1.54) is 11.0 Å². The van der Waals surface area contributed by atoms with Crippen molar-refractivity contribution in [1.29, 1.82) is 0 Å². The van der Waals surface area contributed by atoms with Crippen LogP contribution in [0.3, 0.4) is 0 Å². The summed E-state index contributed by atoms with van der Waals surface area (Å²) in [6.45, 7) is 4.22. The Kier molecular flexibility index (Phi) is 5.50. The van der Waals surface area contributed by atoms with E-state index >= 15 is 0 Å². The minimum atomic E-state index is -1.20. The number of unbranched alkanes of at least 4 members (excludes halogenated alkanes) is 1. The summed E-state index contributed by atoms with van der Waals surface area (Å²) >= 11 is 0. The van der Waals surface area contributed by atoms with Crippen LogP contribution in [0, 0.1) is 0 Å². The van der Waals surface area contributed by atoms with Crippen LogP contribution in [0.25, 0.3) is 0 Å². The topological polar surface area (TPSA) is 72.9 Å². The number of ketones is 1. The van der Waals surface area contributed by atoms with Gasteiger partial charge in [-0.1, -0.05) is 19.4 Å². The van der Waals surface area contributed by atoms with Crippen LogP contribution in [-0.4, -0.2) is 44.0 Å². The lowest BCUT2D eigenvalue weighted by atomic mass is 9.93. The number of carbonyl (C=O) groups is 3. The molecule has 6 heteroatoms. The third-order valence-corrected chi connectivity index (χ3v) is 3.72. The third kappa shape index (κ3) is 3.27. The highest BCUT2D eigenvalue weighted by atomic mass is 16.5. The molecular formula is C17H21NO5. The lowest BCUT2D eigenvalue weighted by Crippen LogP contribution is -2.48. The molecule has 23 heavy (non-hydrogen) atoms. The molecule has 1 amide bonds. The minimum absolute atomic E-state index is 0.165. The van der Waals surface area contributed by atoms with E-state index in [2.05, 4.69) is 0 Å². The van der Waals surface area contributed by atoms with Gasteiger partial charge in [-0.25, -0.2) is 4.79 Å². The average molecular weight is 319 g/mol. The van der Waals surface area contributed by atoms with Crippen molar-refractivity contribution in [2.45, 2.75) is 32.8 Å². The predicted molar refractivity (Wildman–Crippen MR) is 84.8 cm³/mol. The molecule has 0 radical (unpaired) electrons. The molecule has 1 unspecified atom stereocenters. The van der Waals surface area contributed by atoms with Gasteiger partial charge in [0.15, 0.2) is 6.10 Å². The monoisotopic (exact) mass is 319 g/mol. The second-order valence-electron chi connectivity index (χ2n) is 5.29. The summed E-state index contributed by atoms with van der Waals surface area (Å²) in [6.07, 6.45) is 0.456. The number of amides is 1. The molecule has 1 aliphatic heterocycles. The molecule has 1 aliphatic rings. The Hall–Kier alpha value is -2.21. The third-order valence-electron chi connectivity index (χ3n) is 3.72. The van der Waals surface area contributed by atoms with Crippen LogP contribution in [0.1, 0.15) is 47.4 Å². The molecule has 1 atom stereocenters. The number of hydrogen-bond acceptors (Lipinski definition) is 5. The lowest BCUT2D eigenvalue weighted by Gasteiger charge is -2.31. The van der Waals surface area contributed by atoms with Crippen LogP contribution in [-0.2, 0) is 14.3 Å². The van der Waals surface area contributed by atoms with Crippen molar-refractivity contribution in [2.24, 2.45) is 0 Å². The Labute approximate surface area is 135 Å². The number of rotatable bonds is 6. The van der Waals surface area contributed by atoms with Gasteiger partial charge in [-0.3, -0.25) is 9.59 Å². The summed E-state index contributed by atoms with van der Waals surface area (Å²) in [4.78, 5) is 38.5. The highest BCUT2D eigenvalue weighted by molar-refractivity contribution is 6.26. The van der Waals surface area contributed by atoms with Gasteiger partial charge >= 0.3 is 5.97 Å². The number of esters is 1. The van der Waals surface area contributed by atoms with Crippen LogP contribution >= 0.6 is 0 Å². The van der Waals surface area contributed by atoms with Crippen molar-refractivity contribution in [3.63, 3.8) is 0 Å². The first-order chi connectivity index (χ1) is 11.0. The molecule has 0 saturated carbocycles. The van der Waals surface area contributed by atoms with Crippen molar-refractivity contribution < 1.29 is 23.9 Å². The van der Waals surface area contributed by atoms with E-state index in [4.69, 9.17) is 9.47 Å². The molecule has 0 spiro atoms. The summed E-state index contributed by atoms with van der Waals surface area (Å²) in [6, 6.07) is 4.79. The molecule has 0 aromatic heterocycles. The second kappa shape index (κ2) is 7.37. The highest BCUT2D eigenvalue weighted by Crippen LogP contribution is 2.31. The smallest absolute Gasteiger partial charge is 0.338 e. The number of benzene rings is 1. The number of carbonyl (C=O) groups excluding carboxylic acids is 3. The van der Waals surface area contributed by atoms with Crippen molar-refractivity contribution >= 4 is 23.3 Å². The van der Waals surface area contributed by atoms with Gasteiger partial charge in [0, 0.05) is 13.7 Å². The largest absolute Gasteiger partial charge is 0.462 e. The Morgan fingerprint density at radius 1 is 1.26 bits per heavy atom. The standard InChI is InChI=1S/C17H21NO5/c1-4-6-10-23-15-14(19)13-11(17(21)22-5-2)8-7-9-12(13)18(3)16(15)20/h7-9,15H,4-6,10H2,1-3H3. The molecule has 124 valence electrons. The van der Waals surface area contributed by atoms with E-state index in [9.17, 15) is 14.4 Å². The number of anilines is 1. The summed E-state index contributed by atoms with van der Waals surface area (Å²) in [5, 5.41) is 0. The fraction of sp³-hybridized carbons (Fsp3) is 0.471. The molecule has 1 heterocycles. The van der Waals surface area contributed by atoms with Gasteiger partial charge in [0.25, 0.3) is 5.91 Å². The first-order valence-electron chi connectivity index (χ1n) is 7.76. The van der Waals surface area contributed by atoms with E-state index in [-0.39, 0.29) is 17.7 Å². The molecule has 6 nitrogen and oxygen atoms in total. The van der Waals surface area contributed by atoms with Crippen LogP contribution < -0.4 is 4.90 Å². The van der Waals surface area contributed by atoms with Gasteiger partial charge in [-0.15, -0.1) is 0 Å². The van der Waals surface area contributed by atoms with Crippen LogP contribution in [0.5, 0.6) is 0 Å². The summed E-state index contributed by atoms with van der Waals surface area (Å²) in [5.74, 6) is -1.48. The highest BCUT2D eigenvalue weighted by Gasteiger charge is 2.41. The number of ether oxygens (including phenoxy) is 2. The number of hydrogen-bond donors (Lipinski definition) is 0. The van der Waals surface area contributed by atoms with E-state index in [0.717, 1.165) is 12.8 Å². The summed E-state index contributed by atoms with van der Waals surface area (Å²) < 4.78 is 10.5. The maximum Gasteiger partial charge on any atom is 0.338 e. The Morgan fingerprint density at radius 2 is 2.00 bits per heavy atom. The van der Waals surface area contributed by atoms with Gasteiger partial charge in [-0.05, 0) is 25.5 Å². The van der Waals surface area contributed by atoms with Crippen molar-refractivity contribution in [3.05, 3.63) is 29.3 Å². The van der Waals surface area contributed by atoms with Crippen LogP contribution in [0.4, 0.5) is 5.69 Å². The van der Waals surface area contributed by atoms with E-state index in [1.54, 1.807) is 26.1 Å². The number of nitrogens with zero attached hydrogens (tertiary/aromatic N) is 1. The van der Waals surface area contributed by atoms with E-state index < -0.39 is 23.8 Å². The molecular weight excluding hydrogens is 298 g/mol. The summed E-state index contributed by atoms with van der Waals surface area (Å²) in [7, 11) is 1.57. The van der Waals surface area contributed by atoms with E-state index in [0.29, 0.717) is 12.3 Å². The Morgan fingerprint density at radius 3 is 2.65 bits per heavy atom. The molecule has 0 saturated heterocycles. The van der Waals surface area contributed by atoms with Crippen molar-refractivity contribution in [3.8, 4) is 0 Å². The normalized spacial score (nSPS) is 17.2. The van der Waals surface area contributed by atoms with Crippen LogP contribution in [0.2, 0.25) is 0 Å². The number of fused-ring (bicyclic) bond motifs is 1. The number of Topliss-reactive ketones (excluding diaryl/α,β-unsaturated/α-hetero) is 1. The zero-order valence-electron chi connectivity index (χ0n) is 13.6. The van der Waals surface area contributed by atoms with Gasteiger partial charge in [0.1, 0.15) is 0 Å². The van der Waals surface area contributed by atoms with Gasteiger partial charge in [0.2, 0.25) is 5.78 Å². The molecule has 0 bridgehead atoms.